The molecule has 1 rings (SSSR count). The monoisotopic (exact) mass is 319 g/mol. The molecule has 1 aromatic rings. The molecule has 108 valence electrons. The van der Waals surface area contributed by atoms with Crippen LogP contribution in [-0.4, -0.2) is 29.8 Å². The predicted molar refractivity (Wildman–Crippen MR) is 89.6 cm³/mol. The maximum Gasteiger partial charge on any atom is 0.0461 e. The van der Waals surface area contributed by atoms with Gasteiger partial charge in [0.05, 0.1) is 0 Å². The quantitative estimate of drug-likeness (QED) is 0.635. The number of rotatable bonds is 8. The Hall–Kier alpha value is 0.110. The minimum atomic E-state index is 0.646. The molecule has 0 spiro atoms. The first-order valence-corrected chi connectivity index (χ1v) is 8.65. The van der Waals surface area contributed by atoms with Crippen molar-refractivity contribution in [1.29, 1.82) is 0 Å². The standard InChI is InChI=1S/C15H23Cl2NS/c1-4-18(5-2)9-8-12(3)19-11-13-6-7-14(16)10-15(13)17/h6-7,10,12H,4-5,8-9,11H2,1-3H3. The molecule has 0 N–H and O–H groups in total. The fraction of sp³-hybridized carbons (Fsp3) is 0.600. The van der Waals surface area contributed by atoms with E-state index in [-0.39, 0.29) is 0 Å². The second kappa shape index (κ2) is 9.12. The number of halogens is 2. The summed E-state index contributed by atoms with van der Waals surface area (Å²) < 4.78 is 0. The maximum atomic E-state index is 6.18. The van der Waals surface area contributed by atoms with Gasteiger partial charge in [-0.05, 0) is 43.8 Å². The number of benzene rings is 1. The summed E-state index contributed by atoms with van der Waals surface area (Å²) in [7, 11) is 0. The van der Waals surface area contributed by atoms with E-state index in [1.165, 1.54) is 18.5 Å². The van der Waals surface area contributed by atoms with Gasteiger partial charge < -0.3 is 4.90 Å². The van der Waals surface area contributed by atoms with Gasteiger partial charge in [-0.1, -0.05) is 50.0 Å². The Balaban J connectivity index is 2.35. The van der Waals surface area contributed by atoms with Crippen LogP contribution in [0.2, 0.25) is 10.0 Å². The molecule has 0 aliphatic rings. The molecular weight excluding hydrogens is 297 g/mol. The van der Waals surface area contributed by atoms with Crippen LogP contribution in [0.4, 0.5) is 0 Å². The zero-order valence-electron chi connectivity index (χ0n) is 12.0. The first-order chi connectivity index (χ1) is 9.06. The zero-order chi connectivity index (χ0) is 14.3. The third-order valence-corrected chi connectivity index (χ3v) is 5.15. The molecule has 19 heavy (non-hydrogen) atoms. The minimum Gasteiger partial charge on any atom is -0.304 e. The topological polar surface area (TPSA) is 3.24 Å². The van der Waals surface area contributed by atoms with E-state index < -0.39 is 0 Å². The van der Waals surface area contributed by atoms with Gasteiger partial charge in [0.15, 0.2) is 0 Å². The highest BCUT2D eigenvalue weighted by atomic mass is 35.5. The maximum absolute atomic E-state index is 6.18. The van der Waals surface area contributed by atoms with Gasteiger partial charge in [0.1, 0.15) is 0 Å². The minimum absolute atomic E-state index is 0.646. The smallest absolute Gasteiger partial charge is 0.0461 e. The lowest BCUT2D eigenvalue weighted by Gasteiger charge is -2.20. The lowest BCUT2D eigenvalue weighted by Crippen LogP contribution is -2.25. The first kappa shape index (κ1) is 17.2. The number of hydrogen-bond donors (Lipinski definition) is 0. The molecule has 0 fully saturated rings. The Bertz CT molecular complexity index is 380. The molecular formula is C15H23Cl2NS. The van der Waals surface area contributed by atoms with Gasteiger partial charge in [-0.2, -0.15) is 11.8 Å². The highest BCUT2D eigenvalue weighted by Gasteiger charge is 2.08. The van der Waals surface area contributed by atoms with Crippen LogP contribution >= 0.6 is 35.0 Å². The third-order valence-electron chi connectivity index (χ3n) is 3.28. The largest absolute Gasteiger partial charge is 0.304 e. The molecule has 0 heterocycles. The van der Waals surface area contributed by atoms with Crippen molar-refractivity contribution in [2.75, 3.05) is 19.6 Å². The van der Waals surface area contributed by atoms with E-state index in [1.54, 1.807) is 0 Å². The Morgan fingerprint density at radius 1 is 1.21 bits per heavy atom. The molecule has 1 aromatic carbocycles. The van der Waals surface area contributed by atoms with Gasteiger partial charge in [-0.3, -0.25) is 0 Å². The fourth-order valence-electron chi connectivity index (χ4n) is 1.86. The van der Waals surface area contributed by atoms with Gasteiger partial charge in [0.25, 0.3) is 0 Å². The van der Waals surface area contributed by atoms with Gasteiger partial charge >= 0.3 is 0 Å². The van der Waals surface area contributed by atoms with E-state index in [1.807, 2.05) is 30.0 Å². The van der Waals surface area contributed by atoms with Crippen molar-refractivity contribution in [3.05, 3.63) is 33.8 Å². The molecule has 0 saturated heterocycles. The van der Waals surface area contributed by atoms with Gasteiger partial charge in [-0.25, -0.2) is 0 Å². The van der Waals surface area contributed by atoms with Crippen molar-refractivity contribution in [2.45, 2.75) is 38.2 Å². The van der Waals surface area contributed by atoms with Crippen molar-refractivity contribution in [3.63, 3.8) is 0 Å². The van der Waals surface area contributed by atoms with Gasteiger partial charge in [0.2, 0.25) is 0 Å². The van der Waals surface area contributed by atoms with Crippen LogP contribution in [0.5, 0.6) is 0 Å². The molecule has 0 aromatic heterocycles. The summed E-state index contributed by atoms with van der Waals surface area (Å²) in [6, 6.07) is 5.75. The second-order valence-corrected chi connectivity index (χ2v) is 6.94. The van der Waals surface area contributed by atoms with Gasteiger partial charge in [0, 0.05) is 21.0 Å². The van der Waals surface area contributed by atoms with E-state index in [9.17, 15) is 0 Å². The summed E-state index contributed by atoms with van der Waals surface area (Å²) in [6.45, 7) is 10.2. The number of nitrogens with zero attached hydrogens (tertiary/aromatic N) is 1. The molecule has 0 amide bonds. The number of hydrogen-bond acceptors (Lipinski definition) is 2. The predicted octanol–water partition coefficient (Wildman–Crippen LogP) is 5.35. The van der Waals surface area contributed by atoms with Crippen LogP contribution in [0.3, 0.4) is 0 Å². The third kappa shape index (κ3) is 6.40. The van der Waals surface area contributed by atoms with E-state index >= 15 is 0 Å². The molecule has 1 unspecified atom stereocenters. The van der Waals surface area contributed by atoms with E-state index in [0.29, 0.717) is 10.3 Å². The van der Waals surface area contributed by atoms with Crippen molar-refractivity contribution in [2.24, 2.45) is 0 Å². The molecule has 0 saturated carbocycles. The second-order valence-electron chi connectivity index (χ2n) is 4.67. The Morgan fingerprint density at radius 2 is 1.89 bits per heavy atom. The van der Waals surface area contributed by atoms with Crippen LogP contribution in [0, 0.1) is 0 Å². The van der Waals surface area contributed by atoms with Crippen LogP contribution in [0.1, 0.15) is 32.8 Å². The van der Waals surface area contributed by atoms with Crippen LogP contribution in [0.25, 0.3) is 0 Å². The van der Waals surface area contributed by atoms with Crippen molar-refractivity contribution < 1.29 is 0 Å². The highest BCUT2D eigenvalue weighted by Crippen LogP contribution is 2.27. The number of thioether (sulfide) groups is 1. The lowest BCUT2D eigenvalue weighted by atomic mass is 10.2. The van der Waals surface area contributed by atoms with E-state index in [4.69, 9.17) is 23.2 Å². The van der Waals surface area contributed by atoms with Crippen molar-refractivity contribution in [1.82, 2.24) is 4.90 Å². The van der Waals surface area contributed by atoms with E-state index in [2.05, 4.69) is 25.7 Å². The molecule has 4 heteroatoms. The SMILES string of the molecule is CCN(CC)CCC(C)SCc1ccc(Cl)cc1Cl. The average molecular weight is 320 g/mol. The molecule has 0 aliphatic carbocycles. The summed E-state index contributed by atoms with van der Waals surface area (Å²) >= 11 is 14.0. The zero-order valence-corrected chi connectivity index (χ0v) is 14.3. The van der Waals surface area contributed by atoms with Crippen LogP contribution < -0.4 is 0 Å². The summed E-state index contributed by atoms with van der Waals surface area (Å²) in [5, 5.41) is 2.12. The molecule has 0 radical (unpaired) electrons. The molecule has 1 atom stereocenters. The van der Waals surface area contributed by atoms with Crippen molar-refractivity contribution in [3.8, 4) is 0 Å². The fourth-order valence-corrected chi connectivity index (χ4v) is 3.40. The van der Waals surface area contributed by atoms with Crippen molar-refractivity contribution >= 4 is 35.0 Å². The Labute approximate surface area is 131 Å². The summed E-state index contributed by atoms with van der Waals surface area (Å²) in [6.07, 6.45) is 1.22. The first-order valence-electron chi connectivity index (χ1n) is 6.84. The normalized spacial score (nSPS) is 12.9. The highest BCUT2D eigenvalue weighted by molar-refractivity contribution is 7.99. The summed E-state index contributed by atoms with van der Waals surface area (Å²) in [4.78, 5) is 2.46. The Morgan fingerprint density at radius 3 is 2.47 bits per heavy atom. The lowest BCUT2D eigenvalue weighted by molar-refractivity contribution is 0.300. The molecule has 0 aliphatic heterocycles. The Kier molecular flexibility index (Phi) is 8.24. The average Bonchev–Trinajstić information content (AvgIpc) is 2.39. The summed E-state index contributed by atoms with van der Waals surface area (Å²) in [5.41, 5.74) is 1.17. The van der Waals surface area contributed by atoms with E-state index in [0.717, 1.165) is 23.9 Å². The van der Waals surface area contributed by atoms with Crippen LogP contribution in [-0.2, 0) is 5.75 Å². The van der Waals surface area contributed by atoms with Gasteiger partial charge in [-0.15, -0.1) is 0 Å². The summed E-state index contributed by atoms with van der Waals surface area (Å²) in [5.74, 6) is 0.954. The van der Waals surface area contributed by atoms with Crippen LogP contribution in [0.15, 0.2) is 18.2 Å². The molecule has 1 nitrogen and oxygen atoms in total. The molecule has 0 bridgehead atoms.